The number of rotatable bonds is 4. The zero-order valence-electron chi connectivity index (χ0n) is 12.5. The monoisotopic (exact) mass is 273 g/mol. The second kappa shape index (κ2) is 7.12. The predicted octanol–water partition coefficient (Wildman–Crippen LogP) is 4.04. The van der Waals surface area contributed by atoms with Crippen molar-refractivity contribution in [2.45, 2.75) is 44.9 Å². The topological polar surface area (TPSA) is 12.5 Å². The summed E-state index contributed by atoms with van der Waals surface area (Å²) < 4.78 is 5.41. The molecule has 2 heteroatoms. The summed E-state index contributed by atoms with van der Waals surface area (Å²) in [5.74, 6) is 0.989. The fourth-order valence-electron chi connectivity index (χ4n) is 3.54. The summed E-state index contributed by atoms with van der Waals surface area (Å²) in [5.41, 5.74) is 2.86. The van der Waals surface area contributed by atoms with Gasteiger partial charge in [0.25, 0.3) is 0 Å². The second-order valence-corrected chi connectivity index (χ2v) is 6.31. The van der Waals surface area contributed by atoms with E-state index in [9.17, 15) is 0 Å². The van der Waals surface area contributed by atoms with Crippen molar-refractivity contribution in [3.8, 4) is 0 Å². The lowest BCUT2D eigenvalue weighted by atomic mass is 9.85. The number of hydrogen-bond acceptors (Lipinski definition) is 2. The van der Waals surface area contributed by atoms with E-state index in [2.05, 4.69) is 29.2 Å². The summed E-state index contributed by atoms with van der Waals surface area (Å²) in [6.07, 6.45) is 9.95. The molecule has 2 nitrogen and oxygen atoms in total. The van der Waals surface area contributed by atoms with Gasteiger partial charge in [-0.25, -0.2) is 0 Å². The van der Waals surface area contributed by atoms with Crippen LogP contribution >= 0.6 is 0 Å². The zero-order valence-corrected chi connectivity index (χ0v) is 12.5. The zero-order chi connectivity index (χ0) is 13.6. The highest BCUT2D eigenvalue weighted by Crippen LogP contribution is 2.27. The molecule has 2 aliphatic rings. The molecule has 1 aromatic rings. The van der Waals surface area contributed by atoms with Gasteiger partial charge in [0.15, 0.2) is 0 Å². The maximum Gasteiger partial charge on any atom is 0.0642 e. The Hall–Kier alpha value is -1.02. The SMILES string of the molecule is c1cc(N2CCOCC2)ccc1CCC1CCCCC1. The summed E-state index contributed by atoms with van der Waals surface area (Å²) >= 11 is 0. The van der Waals surface area contributed by atoms with E-state index in [1.54, 1.807) is 0 Å². The van der Waals surface area contributed by atoms with E-state index in [4.69, 9.17) is 4.74 Å². The van der Waals surface area contributed by atoms with Gasteiger partial charge in [0.2, 0.25) is 0 Å². The Morgan fingerprint density at radius 2 is 1.65 bits per heavy atom. The molecule has 1 aliphatic heterocycles. The van der Waals surface area contributed by atoms with Crippen LogP contribution in [0.2, 0.25) is 0 Å². The fourth-order valence-corrected chi connectivity index (χ4v) is 3.54. The van der Waals surface area contributed by atoms with Crippen LogP contribution in [0.15, 0.2) is 24.3 Å². The first kappa shape index (κ1) is 13.9. The Labute approximate surface area is 123 Å². The Balaban J connectivity index is 1.50. The van der Waals surface area contributed by atoms with Crippen LogP contribution in [0.3, 0.4) is 0 Å². The third-order valence-corrected chi connectivity index (χ3v) is 4.88. The summed E-state index contributed by atoms with van der Waals surface area (Å²) in [5, 5.41) is 0. The minimum atomic E-state index is 0.865. The van der Waals surface area contributed by atoms with Crippen molar-refractivity contribution in [2.75, 3.05) is 31.2 Å². The van der Waals surface area contributed by atoms with Gasteiger partial charge in [-0.15, -0.1) is 0 Å². The smallest absolute Gasteiger partial charge is 0.0642 e. The molecule has 1 aromatic carbocycles. The van der Waals surface area contributed by atoms with Gasteiger partial charge in [-0.1, -0.05) is 44.2 Å². The number of ether oxygens (including phenoxy) is 1. The fraction of sp³-hybridized carbons (Fsp3) is 0.667. The van der Waals surface area contributed by atoms with Crippen LogP contribution in [0.25, 0.3) is 0 Å². The van der Waals surface area contributed by atoms with Crippen molar-refractivity contribution >= 4 is 5.69 Å². The summed E-state index contributed by atoms with van der Waals surface area (Å²) in [6.45, 7) is 3.79. The molecule has 110 valence electrons. The highest BCUT2D eigenvalue weighted by molar-refractivity contribution is 5.47. The van der Waals surface area contributed by atoms with Crippen LogP contribution in [0, 0.1) is 5.92 Å². The van der Waals surface area contributed by atoms with Gasteiger partial charge >= 0.3 is 0 Å². The van der Waals surface area contributed by atoms with E-state index in [1.807, 2.05) is 0 Å². The van der Waals surface area contributed by atoms with Crippen molar-refractivity contribution in [1.82, 2.24) is 0 Å². The van der Waals surface area contributed by atoms with E-state index >= 15 is 0 Å². The van der Waals surface area contributed by atoms with Gasteiger partial charge in [-0.05, 0) is 36.5 Å². The Kier molecular flexibility index (Phi) is 4.96. The highest BCUT2D eigenvalue weighted by atomic mass is 16.5. The molecule has 3 rings (SSSR count). The number of benzene rings is 1. The number of hydrogen-bond donors (Lipinski definition) is 0. The maximum atomic E-state index is 5.41. The number of morpholine rings is 1. The molecule has 0 amide bonds. The molecule has 0 N–H and O–H groups in total. The first-order valence-corrected chi connectivity index (χ1v) is 8.33. The molecule has 1 aliphatic carbocycles. The highest BCUT2D eigenvalue weighted by Gasteiger charge is 2.14. The Morgan fingerprint density at radius 3 is 2.35 bits per heavy atom. The van der Waals surface area contributed by atoms with E-state index in [-0.39, 0.29) is 0 Å². The minimum Gasteiger partial charge on any atom is -0.378 e. The van der Waals surface area contributed by atoms with Crippen molar-refractivity contribution < 1.29 is 4.74 Å². The predicted molar refractivity (Wildman–Crippen MR) is 84.4 cm³/mol. The van der Waals surface area contributed by atoms with Crippen LogP contribution in [0.4, 0.5) is 5.69 Å². The summed E-state index contributed by atoms with van der Waals surface area (Å²) in [7, 11) is 0. The Morgan fingerprint density at radius 1 is 0.950 bits per heavy atom. The van der Waals surface area contributed by atoms with Gasteiger partial charge in [-0.2, -0.15) is 0 Å². The summed E-state index contributed by atoms with van der Waals surface area (Å²) in [4.78, 5) is 2.43. The molecule has 1 saturated heterocycles. The van der Waals surface area contributed by atoms with Crippen molar-refractivity contribution in [1.29, 1.82) is 0 Å². The molecule has 2 fully saturated rings. The van der Waals surface area contributed by atoms with Gasteiger partial charge in [0, 0.05) is 18.8 Å². The van der Waals surface area contributed by atoms with Gasteiger partial charge in [-0.3, -0.25) is 0 Å². The van der Waals surface area contributed by atoms with Crippen LogP contribution in [0.1, 0.15) is 44.1 Å². The van der Waals surface area contributed by atoms with Crippen LogP contribution < -0.4 is 4.90 Å². The van der Waals surface area contributed by atoms with E-state index in [1.165, 1.54) is 56.2 Å². The van der Waals surface area contributed by atoms with Crippen LogP contribution in [-0.4, -0.2) is 26.3 Å². The number of aryl methyl sites for hydroxylation is 1. The molecule has 0 spiro atoms. The lowest BCUT2D eigenvalue weighted by Crippen LogP contribution is -2.36. The standard InChI is InChI=1S/C18H27NO/c1-2-4-16(5-3-1)6-7-17-8-10-18(11-9-17)19-12-14-20-15-13-19/h8-11,16H,1-7,12-15H2. The molecular formula is C18H27NO. The average Bonchev–Trinajstić information content (AvgIpc) is 2.55. The largest absolute Gasteiger partial charge is 0.378 e. The third kappa shape index (κ3) is 3.76. The molecule has 20 heavy (non-hydrogen) atoms. The number of anilines is 1. The molecule has 0 bridgehead atoms. The van der Waals surface area contributed by atoms with Crippen LogP contribution in [-0.2, 0) is 11.2 Å². The van der Waals surface area contributed by atoms with Crippen molar-refractivity contribution in [3.63, 3.8) is 0 Å². The first-order chi connectivity index (χ1) is 9.92. The quantitative estimate of drug-likeness (QED) is 0.821. The van der Waals surface area contributed by atoms with Gasteiger partial charge in [0.05, 0.1) is 13.2 Å². The average molecular weight is 273 g/mol. The summed E-state index contributed by atoms with van der Waals surface area (Å²) in [6, 6.07) is 9.24. The van der Waals surface area contributed by atoms with Crippen LogP contribution in [0.5, 0.6) is 0 Å². The molecule has 0 atom stereocenters. The van der Waals surface area contributed by atoms with E-state index < -0.39 is 0 Å². The number of nitrogens with zero attached hydrogens (tertiary/aromatic N) is 1. The molecule has 0 aromatic heterocycles. The molecule has 0 radical (unpaired) electrons. The van der Waals surface area contributed by atoms with E-state index in [0.717, 1.165) is 32.2 Å². The van der Waals surface area contributed by atoms with Gasteiger partial charge < -0.3 is 9.64 Å². The molecule has 1 heterocycles. The molecular weight excluding hydrogens is 246 g/mol. The van der Waals surface area contributed by atoms with Crippen molar-refractivity contribution in [3.05, 3.63) is 29.8 Å². The maximum absolute atomic E-state index is 5.41. The second-order valence-electron chi connectivity index (χ2n) is 6.31. The minimum absolute atomic E-state index is 0.865. The van der Waals surface area contributed by atoms with Crippen molar-refractivity contribution in [2.24, 2.45) is 5.92 Å². The lowest BCUT2D eigenvalue weighted by molar-refractivity contribution is 0.122. The Bertz CT molecular complexity index is 388. The first-order valence-electron chi connectivity index (χ1n) is 8.33. The third-order valence-electron chi connectivity index (χ3n) is 4.88. The molecule has 0 unspecified atom stereocenters. The molecule has 1 saturated carbocycles. The van der Waals surface area contributed by atoms with Gasteiger partial charge in [0.1, 0.15) is 0 Å². The lowest BCUT2D eigenvalue weighted by Gasteiger charge is -2.29. The normalized spacial score (nSPS) is 21.1. The van der Waals surface area contributed by atoms with E-state index in [0.29, 0.717) is 0 Å².